The molecule has 6 nitrogen and oxygen atoms in total. The molecule has 0 aliphatic rings. The zero-order chi connectivity index (χ0) is 24.6. The summed E-state index contributed by atoms with van der Waals surface area (Å²) in [6.07, 6.45) is 2.17. The third-order valence-corrected chi connectivity index (χ3v) is 6.51. The fraction of sp³-hybridized carbons (Fsp3) is 0.217. The summed E-state index contributed by atoms with van der Waals surface area (Å²) in [6, 6.07) is 8.43. The Hall–Kier alpha value is -2.59. The van der Waals surface area contributed by atoms with Crippen LogP contribution in [0.1, 0.15) is 17.3 Å². The standard InChI is InChI=1S/C23H22Cl2F2N6S/c1-29-18(8-11-6-12(26)9-13(27)7-11)20-15(10-17(28)22(25)30-20)14-4-5-16(24)19-21(14)33(2)31-23(19)32-34-3/h4-7,9-10,18,29H,8,28H2,1-3H3,(H,31,32). The maximum Gasteiger partial charge on any atom is 0.167 e. The monoisotopic (exact) mass is 522 g/mol. The molecule has 0 fully saturated rings. The number of aryl methyl sites for hydroxylation is 1. The summed E-state index contributed by atoms with van der Waals surface area (Å²) in [5, 5.41) is 9.20. The van der Waals surface area contributed by atoms with E-state index in [1.807, 2.05) is 19.4 Å². The number of likely N-dealkylation sites (N-methyl/N-ethyl adjacent to an activating group) is 1. The van der Waals surface area contributed by atoms with Crippen molar-refractivity contribution in [2.75, 3.05) is 23.8 Å². The summed E-state index contributed by atoms with van der Waals surface area (Å²) in [5.41, 5.74) is 9.79. The average molecular weight is 523 g/mol. The lowest BCUT2D eigenvalue weighted by atomic mass is 9.94. The number of benzene rings is 2. The summed E-state index contributed by atoms with van der Waals surface area (Å²) in [6.45, 7) is 0. The lowest BCUT2D eigenvalue weighted by molar-refractivity contribution is 0.556. The Morgan fingerprint density at radius 1 is 1.12 bits per heavy atom. The summed E-state index contributed by atoms with van der Waals surface area (Å²) in [5.74, 6) is -0.651. The Kier molecular flexibility index (Phi) is 7.18. The molecule has 2 aromatic heterocycles. The lowest BCUT2D eigenvalue weighted by Crippen LogP contribution is -2.21. The number of hydrogen-bond acceptors (Lipinski definition) is 6. The van der Waals surface area contributed by atoms with Gasteiger partial charge in [-0.15, -0.1) is 0 Å². The van der Waals surface area contributed by atoms with Crippen LogP contribution in [0.15, 0.2) is 36.4 Å². The highest BCUT2D eigenvalue weighted by atomic mass is 35.5. The van der Waals surface area contributed by atoms with Crippen LogP contribution in [0.2, 0.25) is 10.2 Å². The minimum atomic E-state index is -0.642. The van der Waals surface area contributed by atoms with Gasteiger partial charge in [0.05, 0.1) is 33.3 Å². The molecule has 0 aliphatic carbocycles. The van der Waals surface area contributed by atoms with Crippen molar-refractivity contribution in [3.05, 3.63) is 69.5 Å². The Balaban J connectivity index is 1.92. The second-order valence-electron chi connectivity index (χ2n) is 7.72. The molecule has 1 atom stereocenters. The number of nitrogen functional groups attached to an aromatic ring is 1. The second kappa shape index (κ2) is 9.95. The summed E-state index contributed by atoms with van der Waals surface area (Å²) >= 11 is 14.3. The van der Waals surface area contributed by atoms with Crippen molar-refractivity contribution in [1.29, 1.82) is 0 Å². The van der Waals surface area contributed by atoms with Crippen LogP contribution in [0.5, 0.6) is 0 Å². The number of anilines is 2. The molecule has 11 heteroatoms. The van der Waals surface area contributed by atoms with Crippen molar-refractivity contribution in [3.63, 3.8) is 0 Å². The van der Waals surface area contributed by atoms with Crippen molar-refractivity contribution in [3.8, 4) is 11.1 Å². The number of fused-ring (bicyclic) bond motifs is 1. The zero-order valence-corrected chi connectivity index (χ0v) is 20.9. The summed E-state index contributed by atoms with van der Waals surface area (Å²) in [4.78, 5) is 4.57. The molecular formula is C23H22Cl2F2N6S. The molecule has 0 amide bonds. The highest BCUT2D eigenvalue weighted by Gasteiger charge is 2.24. The smallest absolute Gasteiger partial charge is 0.167 e. The number of rotatable bonds is 7. The number of nitrogens with zero attached hydrogens (tertiary/aromatic N) is 3. The largest absolute Gasteiger partial charge is 0.396 e. The van der Waals surface area contributed by atoms with Crippen LogP contribution >= 0.6 is 35.1 Å². The van der Waals surface area contributed by atoms with Crippen molar-refractivity contribution in [2.24, 2.45) is 7.05 Å². The van der Waals surface area contributed by atoms with Crippen LogP contribution in [-0.2, 0) is 13.5 Å². The van der Waals surface area contributed by atoms with Gasteiger partial charge >= 0.3 is 0 Å². The van der Waals surface area contributed by atoms with E-state index < -0.39 is 17.7 Å². The van der Waals surface area contributed by atoms with E-state index in [1.54, 1.807) is 23.9 Å². The van der Waals surface area contributed by atoms with Crippen molar-refractivity contribution < 1.29 is 8.78 Å². The van der Waals surface area contributed by atoms with Gasteiger partial charge in [-0.25, -0.2) is 13.8 Å². The molecular weight excluding hydrogens is 501 g/mol. The van der Waals surface area contributed by atoms with Gasteiger partial charge in [0.25, 0.3) is 0 Å². The Labute approximate surface area is 210 Å². The molecule has 0 aliphatic heterocycles. The SMILES string of the molecule is CNC(Cc1cc(F)cc(F)c1)c1nc(Cl)c(N)cc1-c1ccc(Cl)c2c(NSC)nn(C)c12. The van der Waals surface area contributed by atoms with Gasteiger partial charge in [-0.1, -0.05) is 41.2 Å². The first-order valence-electron chi connectivity index (χ1n) is 10.3. The van der Waals surface area contributed by atoms with E-state index in [0.717, 1.165) is 22.5 Å². The number of nitrogens with two attached hydrogens (primary N) is 1. The second-order valence-corrected chi connectivity index (χ2v) is 9.10. The number of aromatic nitrogens is 3. The zero-order valence-electron chi connectivity index (χ0n) is 18.6. The van der Waals surface area contributed by atoms with Gasteiger partial charge in [0.1, 0.15) is 11.6 Å². The molecule has 34 heavy (non-hydrogen) atoms. The van der Waals surface area contributed by atoms with Gasteiger partial charge in [-0.2, -0.15) is 5.10 Å². The van der Waals surface area contributed by atoms with Gasteiger partial charge in [0.2, 0.25) is 0 Å². The Morgan fingerprint density at radius 2 is 1.82 bits per heavy atom. The molecule has 1 unspecified atom stereocenters. The van der Waals surface area contributed by atoms with Crippen LogP contribution in [0.25, 0.3) is 22.0 Å². The van der Waals surface area contributed by atoms with E-state index >= 15 is 0 Å². The number of halogens is 4. The predicted molar refractivity (Wildman–Crippen MR) is 137 cm³/mol. The Bertz CT molecular complexity index is 1360. The number of hydrogen-bond donors (Lipinski definition) is 3. The molecule has 0 saturated heterocycles. The quantitative estimate of drug-likeness (QED) is 0.204. The van der Waals surface area contributed by atoms with Crippen molar-refractivity contribution in [2.45, 2.75) is 12.5 Å². The summed E-state index contributed by atoms with van der Waals surface area (Å²) in [7, 11) is 3.57. The van der Waals surface area contributed by atoms with Gasteiger partial charge in [0, 0.05) is 30.5 Å². The molecule has 0 radical (unpaired) electrons. The van der Waals surface area contributed by atoms with E-state index in [-0.39, 0.29) is 11.6 Å². The highest BCUT2D eigenvalue weighted by Crippen LogP contribution is 2.41. The number of pyridine rings is 1. The Morgan fingerprint density at radius 3 is 2.47 bits per heavy atom. The molecule has 4 aromatic rings. The van der Waals surface area contributed by atoms with Crippen LogP contribution in [0.3, 0.4) is 0 Å². The minimum Gasteiger partial charge on any atom is -0.396 e. The third-order valence-electron chi connectivity index (χ3n) is 5.50. The molecule has 178 valence electrons. The third kappa shape index (κ3) is 4.65. The van der Waals surface area contributed by atoms with Gasteiger partial charge < -0.3 is 15.8 Å². The molecule has 0 spiro atoms. The molecule has 0 bridgehead atoms. The lowest BCUT2D eigenvalue weighted by Gasteiger charge is -2.21. The van der Waals surface area contributed by atoms with E-state index in [4.69, 9.17) is 28.9 Å². The summed E-state index contributed by atoms with van der Waals surface area (Å²) < 4.78 is 32.5. The predicted octanol–water partition coefficient (Wildman–Crippen LogP) is 6.00. The maximum atomic E-state index is 13.8. The molecule has 4 N–H and O–H groups in total. The molecule has 4 rings (SSSR count). The minimum absolute atomic E-state index is 0.143. The average Bonchev–Trinajstić information content (AvgIpc) is 3.11. The van der Waals surface area contributed by atoms with Gasteiger partial charge in [-0.05, 0) is 43.3 Å². The first kappa shape index (κ1) is 24.5. The van der Waals surface area contributed by atoms with Crippen LogP contribution < -0.4 is 15.8 Å². The topological polar surface area (TPSA) is 80.8 Å². The molecule has 2 heterocycles. The normalized spacial score (nSPS) is 12.3. The van der Waals surface area contributed by atoms with Crippen LogP contribution in [-0.4, -0.2) is 28.1 Å². The fourth-order valence-electron chi connectivity index (χ4n) is 4.06. The van der Waals surface area contributed by atoms with Gasteiger partial charge in [-0.3, -0.25) is 4.68 Å². The molecule has 2 aromatic carbocycles. The van der Waals surface area contributed by atoms with Crippen molar-refractivity contribution >= 4 is 57.6 Å². The first-order valence-corrected chi connectivity index (χ1v) is 12.2. The fourth-order valence-corrected chi connectivity index (χ4v) is 4.79. The number of nitrogens with one attached hydrogen (secondary N) is 2. The van der Waals surface area contributed by atoms with Crippen LogP contribution in [0.4, 0.5) is 20.3 Å². The van der Waals surface area contributed by atoms with Crippen molar-refractivity contribution in [1.82, 2.24) is 20.1 Å². The van der Waals surface area contributed by atoms with Gasteiger partial charge in [0.15, 0.2) is 11.0 Å². The maximum absolute atomic E-state index is 13.8. The molecule has 0 saturated carbocycles. The highest BCUT2D eigenvalue weighted by molar-refractivity contribution is 7.99. The first-order chi connectivity index (χ1) is 16.2. The van der Waals surface area contributed by atoms with Crippen LogP contribution in [0, 0.1) is 11.6 Å². The van der Waals surface area contributed by atoms with E-state index in [1.165, 1.54) is 24.1 Å². The van der Waals surface area contributed by atoms with E-state index in [9.17, 15) is 8.78 Å². The van der Waals surface area contributed by atoms with E-state index in [0.29, 0.717) is 33.3 Å². The van der Waals surface area contributed by atoms with E-state index in [2.05, 4.69) is 20.1 Å².